The van der Waals surface area contributed by atoms with Crippen LogP contribution in [0.5, 0.6) is 0 Å². The van der Waals surface area contributed by atoms with Crippen molar-refractivity contribution < 1.29 is 4.79 Å². The van der Waals surface area contributed by atoms with Gasteiger partial charge in [0.25, 0.3) is 0 Å². The highest BCUT2D eigenvalue weighted by atomic mass is 32.1. The van der Waals surface area contributed by atoms with Crippen LogP contribution in [0.15, 0.2) is 11.4 Å². The van der Waals surface area contributed by atoms with Crippen LogP contribution in [0.4, 0.5) is 0 Å². The van der Waals surface area contributed by atoms with Crippen LogP contribution in [-0.4, -0.2) is 65.9 Å². The summed E-state index contributed by atoms with van der Waals surface area (Å²) in [5.74, 6) is 0.295. The molecule has 2 aliphatic heterocycles. The third-order valence-corrected chi connectivity index (χ3v) is 5.88. The molecule has 1 amide bonds. The second kappa shape index (κ2) is 6.07. The Labute approximate surface area is 131 Å². The quantitative estimate of drug-likeness (QED) is 0.831. The molecule has 0 saturated carbocycles. The first-order chi connectivity index (χ1) is 10.1. The van der Waals surface area contributed by atoms with E-state index in [0.29, 0.717) is 11.9 Å². The number of likely N-dealkylation sites (N-methyl/N-ethyl adjacent to an activating group) is 1. The molecule has 21 heavy (non-hydrogen) atoms. The molecule has 3 heterocycles. The monoisotopic (exact) mass is 307 g/mol. The van der Waals surface area contributed by atoms with Crippen molar-refractivity contribution in [2.75, 3.05) is 33.2 Å². The maximum Gasteiger partial charge on any atom is 0.239 e. The largest absolute Gasteiger partial charge is 0.337 e. The lowest BCUT2D eigenvalue weighted by Gasteiger charge is -2.42. The molecule has 0 unspecified atom stereocenters. The molecule has 0 aliphatic carbocycles. The Morgan fingerprint density at radius 3 is 2.95 bits per heavy atom. The molecule has 2 aliphatic rings. The van der Waals surface area contributed by atoms with E-state index >= 15 is 0 Å². The number of nitrogens with zero attached hydrogens (tertiary/aromatic N) is 3. The van der Waals surface area contributed by atoms with Gasteiger partial charge in [0.15, 0.2) is 0 Å². The Morgan fingerprint density at radius 2 is 2.19 bits per heavy atom. The molecule has 0 N–H and O–H groups in total. The standard InChI is InChI=1S/C16H25N3OS/c1-12-10-17(3)7-8-19(12)13(2)16(20)18-6-4-15-14(11-18)5-9-21-15/h5,9,12-13H,4,6-8,10-11H2,1-3H3/t12-,13+/m0/s1. The topological polar surface area (TPSA) is 26.8 Å². The third-order valence-electron chi connectivity index (χ3n) is 4.86. The summed E-state index contributed by atoms with van der Waals surface area (Å²) in [4.78, 5) is 21.0. The van der Waals surface area contributed by atoms with E-state index in [1.54, 1.807) is 0 Å². The number of hydrogen-bond acceptors (Lipinski definition) is 4. The number of thiophene rings is 1. The summed E-state index contributed by atoms with van der Waals surface area (Å²) in [5, 5.41) is 2.14. The van der Waals surface area contributed by atoms with Crippen LogP contribution in [0.1, 0.15) is 24.3 Å². The minimum Gasteiger partial charge on any atom is -0.337 e. The van der Waals surface area contributed by atoms with E-state index in [-0.39, 0.29) is 6.04 Å². The minimum absolute atomic E-state index is 0.00566. The van der Waals surface area contributed by atoms with Gasteiger partial charge in [-0.25, -0.2) is 0 Å². The molecule has 0 bridgehead atoms. The van der Waals surface area contributed by atoms with Crippen LogP contribution in [0, 0.1) is 0 Å². The van der Waals surface area contributed by atoms with Gasteiger partial charge >= 0.3 is 0 Å². The number of piperazine rings is 1. The Kier molecular flexibility index (Phi) is 4.33. The van der Waals surface area contributed by atoms with Crippen molar-refractivity contribution in [3.63, 3.8) is 0 Å². The highest BCUT2D eigenvalue weighted by Gasteiger charge is 2.33. The summed E-state index contributed by atoms with van der Waals surface area (Å²) in [6, 6.07) is 2.61. The first-order valence-corrected chi connectivity index (χ1v) is 8.72. The zero-order chi connectivity index (χ0) is 15.0. The summed E-state index contributed by atoms with van der Waals surface area (Å²) in [6.45, 7) is 9.06. The summed E-state index contributed by atoms with van der Waals surface area (Å²) in [6.07, 6.45) is 1.02. The average Bonchev–Trinajstić information content (AvgIpc) is 2.93. The van der Waals surface area contributed by atoms with Gasteiger partial charge < -0.3 is 9.80 Å². The third kappa shape index (κ3) is 3.00. The fourth-order valence-corrected chi connectivity index (χ4v) is 4.46. The highest BCUT2D eigenvalue weighted by molar-refractivity contribution is 7.10. The molecule has 0 aromatic carbocycles. The fourth-order valence-electron chi connectivity index (χ4n) is 3.57. The van der Waals surface area contributed by atoms with Crippen molar-refractivity contribution in [2.24, 2.45) is 0 Å². The highest BCUT2D eigenvalue weighted by Crippen LogP contribution is 2.25. The fraction of sp³-hybridized carbons (Fsp3) is 0.688. The normalized spacial score (nSPS) is 25.7. The molecular formula is C16H25N3OS. The van der Waals surface area contributed by atoms with Crippen LogP contribution in [0.2, 0.25) is 0 Å². The second-order valence-electron chi connectivity index (χ2n) is 6.40. The molecular weight excluding hydrogens is 282 g/mol. The van der Waals surface area contributed by atoms with Crippen LogP contribution >= 0.6 is 11.3 Å². The van der Waals surface area contributed by atoms with Crippen molar-refractivity contribution in [3.05, 3.63) is 21.9 Å². The lowest BCUT2D eigenvalue weighted by atomic mass is 10.1. The molecule has 1 saturated heterocycles. The van der Waals surface area contributed by atoms with Gasteiger partial charge in [-0.05, 0) is 44.3 Å². The number of hydrogen-bond donors (Lipinski definition) is 0. The summed E-state index contributed by atoms with van der Waals surface area (Å²) < 4.78 is 0. The van der Waals surface area contributed by atoms with E-state index in [2.05, 4.69) is 42.1 Å². The maximum atomic E-state index is 12.8. The predicted octanol–water partition coefficient (Wildman–Crippen LogP) is 1.66. The van der Waals surface area contributed by atoms with Gasteiger partial charge in [0, 0.05) is 43.6 Å². The van der Waals surface area contributed by atoms with Gasteiger partial charge in [0.2, 0.25) is 5.91 Å². The lowest BCUT2D eigenvalue weighted by Crippen LogP contribution is -2.58. The summed E-state index contributed by atoms with van der Waals surface area (Å²) >= 11 is 1.82. The van der Waals surface area contributed by atoms with Gasteiger partial charge in [0.1, 0.15) is 0 Å². The van der Waals surface area contributed by atoms with Gasteiger partial charge in [-0.2, -0.15) is 0 Å². The van der Waals surface area contributed by atoms with Crippen molar-refractivity contribution in [3.8, 4) is 0 Å². The zero-order valence-corrected chi connectivity index (χ0v) is 14.0. The van der Waals surface area contributed by atoms with E-state index in [1.807, 2.05) is 16.2 Å². The number of amides is 1. The first kappa shape index (κ1) is 15.0. The van der Waals surface area contributed by atoms with Gasteiger partial charge in [-0.1, -0.05) is 0 Å². The molecule has 4 nitrogen and oxygen atoms in total. The maximum absolute atomic E-state index is 12.8. The van der Waals surface area contributed by atoms with E-state index in [1.165, 1.54) is 10.4 Å². The van der Waals surface area contributed by atoms with Crippen molar-refractivity contribution in [2.45, 2.75) is 38.9 Å². The molecule has 1 aromatic rings. The number of carbonyl (C=O) groups excluding carboxylic acids is 1. The number of carbonyl (C=O) groups is 1. The van der Waals surface area contributed by atoms with Gasteiger partial charge in [-0.3, -0.25) is 9.69 Å². The van der Waals surface area contributed by atoms with Crippen LogP contribution < -0.4 is 0 Å². The van der Waals surface area contributed by atoms with Crippen molar-refractivity contribution >= 4 is 17.2 Å². The predicted molar refractivity (Wildman–Crippen MR) is 86.6 cm³/mol. The van der Waals surface area contributed by atoms with Crippen LogP contribution in [-0.2, 0) is 17.8 Å². The number of fused-ring (bicyclic) bond motifs is 1. The first-order valence-electron chi connectivity index (χ1n) is 7.84. The van der Waals surface area contributed by atoms with Gasteiger partial charge in [-0.15, -0.1) is 11.3 Å². The molecule has 2 atom stereocenters. The van der Waals surface area contributed by atoms with Crippen LogP contribution in [0.25, 0.3) is 0 Å². The Morgan fingerprint density at radius 1 is 1.38 bits per heavy atom. The Hall–Kier alpha value is -0.910. The molecule has 3 rings (SSSR count). The van der Waals surface area contributed by atoms with Crippen molar-refractivity contribution in [1.29, 1.82) is 0 Å². The molecule has 0 radical (unpaired) electrons. The summed E-state index contributed by atoms with van der Waals surface area (Å²) in [7, 11) is 2.16. The molecule has 5 heteroatoms. The molecule has 116 valence electrons. The van der Waals surface area contributed by atoms with Crippen molar-refractivity contribution in [1.82, 2.24) is 14.7 Å². The van der Waals surface area contributed by atoms with E-state index < -0.39 is 0 Å². The summed E-state index contributed by atoms with van der Waals surface area (Å²) in [5.41, 5.74) is 1.35. The Bertz CT molecular complexity index is 515. The second-order valence-corrected chi connectivity index (χ2v) is 7.40. The zero-order valence-electron chi connectivity index (χ0n) is 13.2. The molecule has 1 aromatic heterocycles. The SMILES string of the molecule is C[C@H](C(=O)N1CCc2sccc2C1)N1CCN(C)C[C@@H]1C. The Balaban J connectivity index is 1.65. The van der Waals surface area contributed by atoms with E-state index in [9.17, 15) is 4.79 Å². The minimum atomic E-state index is -0.00566. The van der Waals surface area contributed by atoms with E-state index in [4.69, 9.17) is 0 Å². The van der Waals surface area contributed by atoms with Gasteiger partial charge in [0.05, 0.1) is 6.04 Å². The lowest BCUT2D eigenvalue weighted by molar-refractivity contribution is -0.139. The average molecular weight is 307 g/mol. The number of rotatable bonds is 2. The smallest absolute Gasteiger partial charge is 0.239 e. The van der Waals surface area contributed by atoms with Crippen LogP contribution in [0.3, 0.4) is 0 Å². The van der Waals surface area contributed by atoms with E-state index in [0.717, 1.165) is 39.1 Å². The molecule has 0 spiro atoms. The molecule has 1 fully saturated rings.